The first-order valence-electron chi connectivity index (χ1n) is 13.0. The molecule has 0 radical (unpaired) electrons. The molecule has 0 N–H and O–H groups in total. The fraction of sp³-hybridized carbons (Fsp3) is 0.593. The standard InChI is InChI=1S/C27H38FN7O/c1-17(2)35-26(29-19(4)31-35)23-16-33-12-13-36-24-15-22(28)20(14-21(24)25(33)30-23)18(3)32-8-10-34(11-9-32)27(5,6)7/h14-18H,8-13H2,1-7H3/t18-/m1/s1. The van der Waals surface area contributed by atoms with Crippen molar-refractivity contribution >= 4 is 0 Å². The highest BCUT2D eigenvalue weighted by atomic mass is 19.1. The molecule has 1 fully saturated rings. The van der Waals surface area contributed by atoms with Crippen molar-refractivity contribution in [3.63, 3.8) is 0 Å². The molecule has 2 aliphatic heterocycles. The van der Waals surface area contributed by atoms with Crippen LogP contribution in [0.15, 0.2) is 18.3 Å². The van der Waals surface area contributed by atoms with Crippen molar-refractivity contribution in [1.82, 2.24) is 34.1 Å². The lowest BCUT2D eigenvalue weighted by atomic mass is 10.00. The van der Waals surface area contributed by atoms with E-state index in [1.165, 1.54) is 6.07 Å². The van der Waals surface area contributed by atoms with Crippen LogP contribution in [0, 0.1) is 12.7 Å². The molecule has 0 bridgehead atoms. The first kappa shape index (κ1) is 24.9. The number of nitrogens with zero attached hydrogens (tertiary/aromatic N) is 7. The Morgan fingerprint density at radius 1 is 0.972 bits per heavy atom. The maximum Gasteiger partial charge on any atom is 0.178 e. The number of benzene rings is 1. The van der Waals surface area contributed by atoms with Gasteiger partial charge in [-0.15, -0.1) is 0 Å². The minimum atomic E-state index is -0.227. The second-order valence-corrected chi connectivity index (χ2v) is 11.3. The molecular formula is C27H38FN7O. The maximum absolute atomic E-state index is 15.4. The van der Waals surface area contributed by atoms with Crippen molar-refractivity contribution < 1.29 is 9.13 Å². The number of hydrogen-bond acceptors (Lipinski definition) is 6. The van der Waals surface area contributed by atoms with Gasteiger partial charge in [-0.1, -0.05) is 0 Å². The zero-order chi connectivity index (χ0) is 25.8. The molecular weight excluding hydrogens is 457 g/mol. The number of halogens is 1. The molecule has 36 heavy (non-hydrogen) atoms. The molecule has 0 aliphatic carbocycles. The molecule has 1 aromatic carbocycles. The Morgan fingerprint density at radius 2 is 1.69 bits per heavy atom. The van der Waals surface area contributed by atoms with E-state index in [-0.39, 0.29) is 23.4 Å². The van der Waals surface area contributed by atoms with Gasteiger partial charge in [0.05, 0.1) is 12.1 Å². The van der Waals surface area contributed by atoms with E-state index in [0.717, 1.165) is 54.9 Å². The third-order valence-corrected chi connectivity index (χ3v) is 7.42. The summed E-state index contributed by atoms with van der Waals surface area (Å²) in [6, 6.07) is 3.60. The average molecular weight is 496 g/mol. The molecule has 0 spiro atoms. The summed E-state index contributed by atoms with van der Waals surface area (Å²) in [7, 11) is 0. The van der Waals surface area contributed by atoms with Crippen molar-refractivity contribution in [1.29, 1.82) is 0 Å². The van der Waals surface area contributed by atoms with Gasteiger partial charge in [-0.25, -0.2) is 19.0 Å². The minimum Gasteiger partial charge on any atom is -0.491 e. The summed E-state index contributed by atoms with van der Waals surface area (Å²) < 4.78 is 25.4. The van der Waals surface area contributed by atoms with Gasteiger partial charge < -0.3 is 9.30 Å². The molecule has 3 aromatic rings. The van der Waals surface area contributed by atoms with Crippen LogP contribution in [0.25, 0.3) is 22.9 Å². The first-order chi connectivity index (χ1) is 17.0. The molecule has 9 heteroatoms. The van der Waals surface area contributed by atoms with Crippen molar-refractivity contribution in [3.05, 3.63) is 35.5 Å². The van der Waals surface area contributed by atoms with Crippen molar-refractivity contribution in [3.8, 4) is 28.7 Å². The largest absolute Gasteiger partial charge is 0.491 e. The number of aryl methyl sites for hydroxylation is 1. The summed E-state index contributed by atoms with van der Waals surface area (Å²) in [5.41, 5.74) is 2.42. The molecule has 1 saturated heterocycles. The molecule has 0 saturated carbocycles. The maximum atomic E-state index is 15.4. The summed E-state index contributed by atoms with van der Waals surface area (Å²) in [6.07, 6.45) is 2.01. The van der Waals surface area contributed by atoms with Crippen LogP contribution in [-0.2, 0) is 6.54 Å². The topological polar surface area (TPSA) is 64.2 Å². The van der Waals surface area contributed by atoms with Gasteiger partial charge in [0.25, 0.3) is 0 Å². The lowest BCUT2D eigenvalue weighted by Gasteiger charge is -2.44. The van der Waals surface area contributed by atoms with E-state index < -0.39 is 0 Å². The molecule has 194 valence electrons. The van der Waals surface area contributed by atoms with Gasteiger partial charge in [0, 0.05) is 61.6 Å². The number of fused-ring (bicyclic) bond motifs is 3. The normalized spacial score (nSPS) is 18.0. The van der Waals surface area contributed by atoms with Crippen LogP contribution in [0.5, 0.6) is 5.75 Å². The van der Waals surface area contributed by atoms with Crippen LogP contribution >= 0.6 is 0 Å². The fourth-order valence-corrected chi connectivity index (χ4v) is 5.29. The lowest BCUT2D eigenvalue weighted by molar-refractivity contribution is 0.0447. The summed E-state index contributed by atoms with van der Waals surface area (Å²) >= 11 is 0. The van der Waals surface area contributed by atoms with Gasteiger partial charge in [0.15, 0.2) is 5.82 Å². The monoisotopic (exact) mass is 495 g/mol. The smallest absolute Gasteiger partial charge is 0.178 e. The van der Waals surface area contributed by atoms with Crippen molar-refractivity contribution in [2.45, 2.75) is 72.6 Å². The third-order valence-electron chi connectivity index (χ3n) is 7.42. The van der Waals surface area contributed by atoms with Crippen LogP contribution in [0.2, 0.25) is 0 Å². The van der Waals surface area contributed by atoms with E-state index in [2.05, 4.69) is 66.0 Å². The van der Waals surface area contributed by atoms with Crippen LogP contribution in [-0.4, -0.2) is 72.4 Å². The molecule has 1 atom stereocenters. The van der Waals surface area contributed by atoms with Gasteiger partial charge in [-0.3, -0.25) is 9.80 Å². The van der Waals surface area contributed by atoms with Gasteiger partial charge >= 0.3 is 0 Å². The second kappa shape index (κ2) is 9.27. The third kappa shape index (κ3) is 4.54. The van der Waals surface area contributed by atoms with E-state index in [4.69, 9.17) is 9.72 Å². The SMILES string of the molecule is Cc1nc(-c2cn3c(n2)-c2cc([C@@H](C)N4CCN(C(C)(C)C)CC4)c(F)cc2OCC3)n(C(C)C)n1. The molecule has 4 heterocycles. The first-order valence-corrected chi connectivity index (χ1v) is 13.0. The van der Waals surface area contributed by atoms with E-state index in [0.29, 0.717) is 24.5 Å². The van der Waals surface area contributed by atoms with E-state index in [1.807, 2.05) is 23.9 Å². The predicted molar refractivity (Wildman–Crippen MR) is 139 cm³/mol. The number of ether oxygens (including phenoxy) is 1. The fourth-order valence-electron chi connectivity index (χ4n) is 5.29. The Balaban J connectivity index is 1.49. The Morgan fingerprint density at radius 3 is 2.36 bits per heavy atom. The van der Waals surface area contributed by atoms with E-state index in [1.54, 1.807) is 0 Å². The number of piperazine rings is 1. The highest BCUT2D eigenvalue weighted by Crippen LogP contribution is 2.38. The van der Waals surface area contributed by atoms with Gasteiger partial charge in [-0.05, 0) is 54.5 Å². The summed E-state index contributed by atoms with van der Waals surface area (Å²) in [5.74, 6) is 2.56. The van der Waals surface area contributed by atoms with Crippen LogP contribution in [0.3, 0.4) is 0 Å². The number of imidazole rings is 1. The molecule has 2 aromatic heterocycles. The van der Waals surface area contributed by atoms with Gasteiger partial charge in [0.1, 0.15) is 35.5 Å². The Kier molecular flexibility index (Phi) is 6.41. The van der Waals surface area contributed by atoms with Crippen LogP contribution in [0.4, 0.5) is 4.39 Å². The Hall–Kier alpha value is -2.78. The Bertz CT molecular complexity index is 1250. The van der Waals surface area contributed by atoms with Crippen LogP contribution < -0.4 is 4.74 Å². The van der Waals surface area contributed by atoms with Gasteiger partial charge in [-0.2, -0.15) is 5.10 Å². The van der Waals surface area contributed by atoms with Crippen LogP contribution in [0.1, 0.15) is 65.0 Å². The highest BCUT2D eigenvalue weighted by molar-refractivity contribution is 5.69. The lowest BCUT2D eigenvalue weighted by Crippen LogP contribution is -2.53. The second-order valence-electron chi connectivity index (χ2n) is 11.3. The zero-order valence-electron chi connectivity index (χ0n) is 22.5. The molecule has 8 nitrogen and oxygen atoms in total. The quantitative estimate of drug-likeness (QED) is 0.523. The number of rotatable bonds is 4. The predicted octanol–water partition coefficient (Wildman–Crippen LogP) is 4.71. The van der Waals surface area contributed by atoms with E-state index >= 15 is 4.39 Å². The number of aromatic nitrogens is 5. The molecule has 0 amide bonds. The minimum absolute atomic E-state index is 0.0461. The molecule has 0 unspecified atom stereocenters. The molecule has 5 rings (SSSR count). The Labute approximate surface area is 213 Å². The summed E-state index contributed by atoms with van der Waals surface area (Å²) in [4.78, 5) is 14.5. The van der Waals surface area contributed by atoms with Gasteiger partial charge in [0.2, 0.25) is 0 Å². The number of hydrogen-bond donors (Lipinski definition) is 0. The van der Waals surface area contributed by atoms with E-state index in [9.17, 15) is 0 Å². The highest BCUT2D eigenvalue weighted by Gasteiger charge is 2.30. The zero-order valence-corrected chi connectivity index (χ0v) is 22.5. The summed E-state index contributed by atoms with van der Waals surface area (Å²) in [6.45, 7) is 19.8. The van der Waals surface area contributed by atoms with Crippen molar-refractivity contribution in [2.24, 2.45) is 0 Å². The molecule has 2 aliphatic rings. The van der Waals surface area contributed by atoms with Crippen molar-refractivity contribution in [2.75, 3.05) is 32.8 Å². The average Bonchev–Trinajstić information content (AvgIpc) is 3.38. The summed E-state index contributed by atoms with van der Waals surface area (Å²) in [5, 5.41) is 4.55.